The molecule has 0 aliphatic heterocycles. The second kappa shape index (κ2) is 6.76. The van der Waals surface area contributed by atoms with E-state index in [2.05, 4.69) is 0 Å². The van der Waals surface area contributed by atoms with Gasteiger partial charge >= 0.3 is 5.97 Å². The van der Waals surface area contributed by atoms with Crippen LogP contribution in [0.2, 0.25) is 0 Å². The third-order valence-electron chi connectivity index (χ3n) is 2.43. The van der Waals surface area contributed by atoms with Crippen molar-refractivity contribution >= 4 is 35.0 Å². The van der Waals surface area contributed by atoms with Gasteiger partial charge in [-0.3, -0.25) is 4.79 Å². The fraction of sp³-hybridized carbons (Fsp3) is 0.385. The zero-order valence-corrected chi connectivity index (χ0v) is 11.7. The molecule has 1 aromatic carbocycles. The van der Waals surface area contributed by atoms with Gasteiger partial charge in [0.05, 0.1) is 17.5 Å². The number of hydrogen-bond acceptors (Lipinski definition) is 3. The molecule has 0 N–H and O–H groups in total. The third kappa shape index (κ3) is 3.24. The Labute approximate surface area is 116 Å². The van der Waals surface area contributed by atoms with Gasteiger partial charge in [-0.2, -0.15) is 0 Å². The lowest BCUT2D eigenvalue weighted by atomic mass is 9.98. The van der Waals surface area contributed by atoms with E-state index in [9.17, 15) is 9.59 Å². The molecular formula is C13H14Cl2O3. The Kier molecular flexibility index (Phi) is 5.63. The summed E-state index contributed by atoms with van der Waals surface area (Å²) < 4.78 is 4.92. The van der Waals surface area contributed by atoms with Gasteiger partial charge in [0.2, 0.25) is 0 Å². The van der Waals surface area contributed by atoms with Gasteiger partial charge in [-0.25, -0.2) is 4.79 Å². The van der Waals surface area contributed by atoms with Crippen molar-refractivity contribution in [3.8, 4) is 0 Å². The van der Waals surface area contributed by atoms with Crippen molar-refractivity contribution in [3.05, 3.63) is 34.9 Å². The van der Waals surface area contributed by atoms with Crippen LogP contribution in [0.1, 0.15) is 40.1 Å². The number of esters is 1. The average Bonchev–Trinajstić information content (AvgIpc) is 2.36. The predicted molar refractivity (Wildman–Crippen MR) is 71.6 cm³/mol. The fourth-order valence-electron chi connectivity index (χ4n) is 1.58. The number of hydrogen-bond donors (Lipinski definition) is 0. The summed E-state index contributed by atoms with van der Waals surface area (Å²) in [5.41, 5.74) is 1.16. The van der Waals surface area contributed by atoms with Gasteiger partial charge in [-0.15, -0.1) is 23.2 Å². The molecule has 0 aromatic heterocycles. The van der Waals surface area contributed by atoms with Crippen LogP contribution in [0, 0.1) is 0 Å². The number of Topliss-reactive ketones (excluding diaryl/α,β-unsaturated/α-hetero) is 1. The number of carbonyl (C=O) groups excluding carboxylic acids is 2. The topological polar surface area (TPSA) is 43.4 Å². The van der Waals surface area contributed by atoms with Crippen LogP contribution in [0.25, 0.3) is 0 Å². The van der Waals surface area contributed by atoms with E-state index in [0.29, 0.717) is 16.7 Å². The Hall–Kier alpha value is -1.06. The Morgan fingerprint density at radius 1 is 1.33 bits per heavy atom. The van der Waals surface area contributed by atoms with Gasteiger partial charge in [-0.05, 0) is 25.5 Å². The average molecular weight is 289 g/mol. The summed E-state index contributed by atoms with van der Waals surface area (Å²) in [7, 11) is 0. The quantitative estimate of drug-likeness (QED) is 0.474. The molecule has 0 spiro atoms. The Balaban J connectivity index is 3.26. The summed E-state index contributed by atoms with van der Waals surface area (Å²) in [6, 6.07) is 4.82. The third-order valence-corrected chi connectivity index (χ3v) is 2.90. The van der Waals surface area contributed by atoms with Crippen LogP contribution in [0.4, 0.5) is 0 Å². The minimum atomic E-state index is -0.663. The number of alkyl halides is 2. The summed E-state index contributed by atoms with van der Waals surface area (Å²) >= 11 is 11.6. The van der Waals surface area contributed by atoms with Crippen molar-refractivity contribution in [1.82, 2.24) is 0 Å². The van der Waals surface area contributed by atoms with Gasteiger partial charge in [0.25, 0.3) is 0 Å². The number of carbonyl (C=O) groups is 2. The highest BCUT2D eigenvalue weighted by Gasteiger charge is 2.21. The number of rotatable bonds is 5. The van der Waals surface area contributed by atoms with Crippen LogP contribution in [0.15, 0.2) is 18.2 Å². The highest BCUT2D eigenvalue weighted by atomic mass is 35.5. The lowest BCUT2D eigenvalue weighted by Crippen LogP contribution is -2.16. The molecule has 18 heavy (non-hydrogen) atoms. The van der Waals surface area contributed by atoms with Crippen molar-refractivity contribution in [2.45, 2.75) is 25.1 Å². The van der Waals surface area contributed by atoms with E-state index in [4.69, 9.17) is 27.9 Å². The SMILES string of the molecule is CCOC(=O)c1cccc(C(=O)C(C)Cl)c1CCl. The van der Waals surface area contributed by atoms with E-state index in [1.54, 1.807) is 32.0 Å². The molecule has 98 valence electrons. The predicted octanol–water partition coefficient (Wildman–Crippen LogP) is 3.41. The molecule has 0 bridgehead atoms. The van der Waals surface area contributed by atoms with E-state index in [0.717, 1.165) is 0 Å². The number of halogens is 2. The highest BCUT2D eigenvalue weighted by molar-refractivity contribution is 6.34. The maximum absolute atomic E-state index is 11.9. The highest BCUT2D eigenvalue weighted by Crippen LogP contribution is 2.21. The minimum absolute atomic E-state index is 0.0552. The molecule has 0 saturated carbocycles. The van der Waals surface area contributed by atoms with Crippen LogP contribution in [0.3, 0.4) is 0 Å². The van der Waals surface area contributed by atoms with Gasteiger partial charge in [0.15, 0.2) is 5.78 Å². The van der Waals surface area contributed by atoms with Crippen LogP contribution >= 0.6 is 23.2 Å². The molecule has 1 aromatic rings. The van der Waals surface area contributed by atoms with Crippen molar-refractivity contribution < 1.29 is 14.3 Å². The Morgan fingerprint density at radius 3 is 2.44 bits per heavy atom. The molecule has 0 amide bonds. The fourth-order valence-corrected chi connectivity index (χ4v) is 1.98. The summed E-state index contributed by atoms with van der Waals surface area (Å²) in [5.74, 6) is -0.678. The first-order valence-electron chi connectivity index (χ1n) is 5.56. The monoisotopic (exact) mass is 288 g/mol. The van der Waals surface area contributed by atoms with E-state index in [-0.39, 0.29) is 18.3 Å². The Bertz CT molecular complexity index is 456. The van der Waals surface area contributed by atoms with Gasteiger partial charge in [-0.1, -0.05) is 12.1 Å². The molecule has 1 atom stereocenters. The summed E-state index contributed by atoms with van der Waals surface area (Å²) in [6.07, 6.45) is 0. The second-order valence-electron chi connectivity index (χ2n) is 3.67. The molecule has 1 rings (SSSR count). The smallest absolute Gasteiger partial charge is 0.338 e. The molecule has 3 nitrogen and oxygen atoms in total. The van der Waals surface area contributed by atoms with Gasteiger partial charge in [0.1, 0.15) is 0 Å². The first-order chi connectivity index (χ1) is 8.52. The molecule has 0 aliphatic rings. The van der Waals surface area contributed by atoms with Gasteiger partial charge in [0, 0.05) is 11.4 Å². The maximum Gasteiger partial charge on any atom is 0.338 e. The number of benzene rings is 1. The normalized spacial score (nSPS) is 12.0. The molecular weight excluding hydrogens is 275 g/mol. The maximum atomic E-state index is 11.9. The molecule has 0 aliphatic carbocycles. The summed E-state index contributed by atoms with van der Waals surface area (Å²) in [5, 5.41) is -0.663. The van der Waals surface area contributed by atoms with Gasteiger partial charge < -0.3 is 4.74 Å². The molecule has 0 saturated heterocycles. The lowest BCUT2D eigenvalue weighted by Gasteiger charge is -2.12. The van der Waals surface area contributed by atoms with E-state index < -0.39 is 11.3 Å². The molecule has 5 heteroatoms. The van der Waals surface area contributed by atoms with Crippen molar-refractivity contribution in [2.75, 3.05) is 6.61 Å². The molecule has 0 radical (unpaired) electrons. The van der Waals surface area contributed by atoms with E-state index >= 15 is 0 Å². The molecule has 0 fully saturated rings. The number of ether oxygens (including phenoxy) is 1. The Morgan fingerprint density at radius 2 is 1.94 bits per heavy atom. The zero-order valence-electron chi connectivity index (χ0n) is 10.2. The first-order valence-corrected chi connectivity index (χ1v) is 6.53. The first kappa shape index (κ1) is 15.0. The van der Waals surface area contributed by atoms with Crippen molar-refractivity contribution in [2.24, 2.45) is 0 Å². The van der Waals surface area contributed by atoms with Crippen molar-refractivity contribution in [3.63, 3.8) is 0 Å². The standard InChI is InChI=1S/C13H14Cl2O3/c1-3-18-13(17)10-6-4-5-9(11(10)7-14)12(16)8(2)15/h4-6,8H,3,7H2,1-2H3. The van der Waals surface area contributed by atoms with Crippen LogP contribution < -0.4 is 0 Å². The zero-order chi connectivity index (χ0) is 13.7. The summed E-state index contributed by atoms with van der Waals surface area (Å²) in [4.78, 5) is 23.7. The molecule has 1 unspecified atom stereocenters. The largest absolute Gasteiger partial charge is 0.462 e. The molecule has 0 heterocycles. The number of ketones is 1. The lowest BCUT2D eigenvalue weighted by molar-refractivity contribution is 0.0525. The second-order valence-corrected chi connectivity index (χ2v) is 4.59. The van der Waals surface area contributed by atoms with Crippen LogP contribution in [0.5, 0.6) is 0 Å². The van der Waals surface area contributed by atoms with Crippen LogP contribution in [-0.4, -0.2) is 23.7 Å². The van der Waals surface area contributed by atoms with E-state index in [1.165, 1.54) is 0 Å². The van der Waals surface area contributed by atoms with Crippen LogP contribution in [-0.2, 0) is 10.6 Å². The van der Waals surface area contributed by atoms with Crippen molar-refractivity contribution in [1.29, 1.82) is 0 Å². The van der Waals surface area contributed by atoms with E-state index in [1.807, 2.05) is 0 Å². The minimum Gasteiger partial charge on any atom is -0.462 e. The summed E-state index contributed by atoms with van der Waals surface area (Å²) in [6.45, 7) is 3.57.